The second-order valence-corrected chi connectivity index (χ2v) is 15.6. The van der Waals surface area contributed by atoms with Gasteiger partial charge in [0.1, 0.15) is 17.7 Å². The number of rotatable bonds is 8. The maximum Gasteiger partial charge on any atom is 0.258 e. The van der Waals surface area contributed by atoms with Gasteiger partial charge in [-0.15, -0.1) is 0 Å². The Kier molecular flexibility index (Phi) is 9.46. The number of imide groups is 1. The minimum Gasteiger partial charge on any atom is -0.375 e. The first-order valence-electron chi connectivity index (χ1n) is 19.7. The minimum absolute atomic E-state index is 0.146. The Morgan fingerprint density at radius 2 is 1.64 bits per heavy atom. The molecule has 55 heavy (non-hydrogen) atoms. The molecule has 14 heteroatoms. The molecule has 1 unspecified atom stereocenters. The van der Waals surface area contributed by atoms with Crippen molar-refractivity contribution in [1.29, 1.82) is 0 Å². The number of aromatic amines is 1. The van der Waals surface area contributed by atoms with Crippen molar-refractivity contribution in [3.8, 4) is 0 Å². The van der Waals surface area contributed by atoms with E-state index >= 15 is 0 Å². The molecule has 4 aromatic rings. The number of hydrogen-bond acceptors (Lipinski definition) is 10. The van der Waals surface area contributed by atoms with Gasteiger partial charge in [0.25, 0.3) is 11.8 Å². The zero-order valence-electron chi connectivity index (χ0n) is 31.1. The third-order valence-electron chi connectivity index (χ3n) is 12.1. The number of anilines is 3. The van der Waals surface area contributed by atoms with Crippen molar-refractivity contribution >= 4 is 51.9 Å². The Bertz CT molecular complexity index is 2120. The van der Waals surface area contributed by atoms with Crippen molar-refractivity contribution in [1.82, 2.24) is 30.1 Å². The Morgan fingerprint density at radius 3 is 2.35 bits per heavy atom. The van der Waals surface area contributed by atoms with E-state index in [1.165, 1.54) is 12.1 Å². The summed E-state index contributed by atoms with van der Waals surface area (Å²) in [6, 6.07) is 13.4. The largest absolute Gasteiger partial charge is 0.375 e. The number of carbonyl (C=O) groups is 4. The highest BCUT2D eigenvalue weighted by atomic mass is 16.5. The molecule has 3 N–H and O–H groups in total. The molecular formula is C41H47N9O5. The predicted octanol–water partition coefficient (Wildman–Crippen LogP) is 4.39. The number of ether oxygens (including phenoxy) is 1. The van der Waals surface area contributed by atoms with Gasteiger partial charge in [-0.1, -0.05) is 6.07 Å². The number of fused-ring (bicyclic) bond motifs is 2. The van der Waals surface area contributed by atoms with E-state index in [0.29, 0.717) is 36.0 Å². The topological polar surface area (TPSA) is 156 Å². The molecule has 5 aliphatic heterocycles. The van der Waals surface area contributed by atoms with Gasteiger partial charge < -0.3 is 29.7 Å². The number of pyridine rings is 2. The summed E-state index contributed by atoms with van der Waals surface area (Å²) in [6.45, 7) is 4.78. The number of carbonyl (C=O) groups excluding carboxylic acids is 4. The lowest BCUT2D eigenvalue weighted by molar-refractivity contribution is -0.136. The summed E-state index contributed by atoms with van der Waals surface area (Å²) in [6.07, 6.45) is 10.3. The predicted molar refractivity (Wildman–Crippen MR) is 207 cm³/mol. The first-order chi connectivity index (χ1) is 26.8. The first-order valence-corrected chi connectivity index (χ1v) is 19.7. The van der Waals surface area contributed by atoms with Crippen molar-refractivity contribution < 1.29 is 23.9 Å². The molecule has 0 bridgehead atoms. The van der Waals surface area contributed by atoms with Gasteiger partial charge in [-0.25, -0.2) is 9.97 Å². The van der Waals surface area contributed by atoms with Gasteiger partial charge in [0.05, 0.1) is 23.3 Å². The van der Waals surface area contributed by atoms with E-state index < -0.39 is 11.9 Å². The quantitative estimate of drug-likeness (QED) is 0.221. The molecule has 3 aromatic heterocycles. The lowest BCUT2D eigenvalue weighted by atomic mass is 10.0. The minimum atomic E-state index is -0.620. The van der Waals surface area contributed by atoms with Gasteiger partial charge in [-0.05, 0) is 88.9 Å². The van der Waals surface area contributed by atoms with Crippen LogP contribution in [-0.4, -0.2) is 106 Å². The summed E-state index contributed by atoms with van der Waals surface area (Å²) in [4.78, 5) is 71.9. The normalized spacial score (nSPS) is 22.8. The summed E-state index contributed by atoms with van der Waals surface area (Å²) in [5.41, 5.74) is 5.27. The monoisotopic (exact) mass is 745 g/mol. The second-order valence-electron chi connectivity index (χ2n) is 15.6. The van der Waals surface area contributed by atoms with Crippen molar-refractivity contribution in [3.63, 3.8) is 0 Å². The molecule has 4 saturated heterocycles. The Balaban J connectivity index is 0.741. The number of nitrogens with zero attached hydrogens (tertiary/aromatic N) is 6. The maximum atomic E-state index is 13.3. The first kappa shape index (κ1) is 35.4. The third kappa shape index (κ3) is 7.04. The molecule has 9 rings (SSSR count). The molecule has 4 fully saturated rings. The highest BCUT2D eigenvalue weighted by Crippen LogP contribution is 2.36. The Labute approximate surface area is 319 Å². The van der Waals surface area contributed by atoms with Crippen LogP contribution in [0.1, 0.15) is 89.4 Å². The Morgan fingerprint density at radius 1 is 0.855 bits per heavy atom. The molecule has 0 saturated carbocycles. The zero-order valence-corrected chi connectivity index (χ0v) is 31.1. The molecule has 4 amide bonds. The van der Waals surface area contributed by atoms with Crippen LogP contribution in [0.2, 0.25) is 0 Å². The van der Waals surface area contributed by atoms with Crippen LogP contribution in [0.5, 0.6) is 0 Å². The van der Waals surface area contributed by atoms with Crippen LogP contribution in [0.25, 0.3) is 10.9 Å². The standard InChI is InChI=1S/C41H47N9O5/c1-47-15-3-6-34(47)32-20-26-23-42-36(21-31(26)44-32)45-39(52)25-7-9-37(43-22-25)49-18-13-28(14-19-49)55-27-11-16-48(17-12-27)33-5-2-4-29-30(33)24-50(41(29)54)35-8-10-38(51)46-40(35)53/h2,4-5,7,9,20-23,27-28,34-35,44H,3,6,8,10-19,24H2,1H3,(H,42,45,52)(H,46,51,53)/t34-,35?/m1/s1. The fourth-order valence-electron chi connectivity index (χ4n) is 9.09. The summed E-state index contributed by atoms with van der Waals surface area (Å²) >= 11 is 0. The number of amides is 4. The van der Waals surface area contributed by atoms with Gasteiger partial charge in [0.2, 0.25) is 11.8 Å². The highest BCUT2D eigenvalue weighted by Gasteiger charge is 2.40. The molecule has 0 radical (unpaired) electrons. The van der Waals surface area contributed by atoms with Gasteiger partial charge in [0, 0.05) is 91.5 Å². The summed E-state index contributed by atoms with van der Waals surface area (Å²) < 4.78 is 6.62. The lowest BCUT2D eigenvalue weighted by Gasteiger charge is -2.38. The van der Waals surface area contributed by atoms with E-state index in [1.807, 2.05) is 30.3 Å². The Hall–Kier alpha value is -5.34. The van der Waals surface area contributed by atoms with Crippen LogP contribution < -0.4 is 20.4 Å². The van der Waals surface area contributed by atoms with Crippen molar-refractivity contribution in [2.24, 2.45) is 0 Å². The van der Waals surface area contributed by atoms with Crippen molar-refractivity contribution in [2.45, 2.75) is 82.2 Å². The maximum absolute atomic E-state index is 13.3. The van der Waals surface area contributed by atoms with Crippen LogP contribution in [0, 0.1) is 0 Å². The molecule has 1 aromatic carbocycles. The molecule has 5 aliphatic rings. The van der Waals surface area contributed by atoms with Crippen LogP contribution in [0.4, 0.5) is 17.3 Å². The second kappa shape index (κ2) is 14.7. The van der Waals surface area contributed by atoms with Crippen LogP contribution in [-0.2, 0) is 20.9 Å². The van der Waals surface area contributed by atoms with Crippen LogP contribution >= 0.6 is 0 Å². The van der Waals surface area contributed by atoms with Gasteiger partial charge >= 0.3 is 0 Å². The molecule has 0 aliphatic carbocycles. The van der Waals surface area contributed by atoms with Gasteiger partial charge in [0.15, 0.2) is 0 Å². The SMILES string of the molecule is CN1CCC[C@@H]1c1cc2cnc(NC(=O)c3ccc(N4CCC(OC5CCN(c6cccc7c6CN(C6CCC(=O)NC6=O)C7=O)CC5)CC4)nc3)cc2[nH]1. The summed E-state index contributed by atoms with van der Waals surface area (Å²) in [5, 5.41) is 6.35. The molecule has 286 valence electrons. The van der Waals surface area contributed by atoms with E-state index in [9.17, 15) is 19.2 Å². The molecule has 14 nitrogen and oxygen atoms in total. The number of aromatic nitrogens is 3. The number of nitrogens with one attached hydrogen (secondary N) is 3. The summed E-state index contributed by atoms with van der Waals surface area (Å²) in [5.74, 6) is 0.286. The number of H-pyrrole nitrogens is 1. The number of benzene rings is 1. The average Bonchev–Trinajstić information content (AvgIpc) is 3.92. The third-order valence-corrected chi connectivity index (χ3v) is 12.1. The number of piperidine rings is 3. The van der Waals surface area contributed by atoms with Crippen LogP contribution in [0.3, 0.4) is 0 Å². The van der Waals surface area contributed by atoms with Crippen molar-refractivity contribution in [3.05, 3.63) is 77.2 Å². The molecular weight excluding hydrogens is 699 g/mol. The van der Waals surface area contributed by atoms with E-state index in [-0.39, 0.29) is 36.4 Å². The molecule has 0 spiro atoms. The van der Waals surface area contributed by atoms with Crippen molar-refractivity contribution in [2.75, 3.05) is 54.9 Å². The smallest absolute Gasteiger partial charge is 0.258 e. The number of likely N-dealkylation sites (tertiary alicyclic amines) is 1. The van der Waals surface area contributed by atoms with E-state index in [0.717, 1.165) is 92.8 Å². The molecule has 8 heterocycles. The lowest BCUT2D eigenvalue weighted by Crippen LogP contribution is -2.52. The van der Waals surface area contributed by atoms with E-state index in [4.69, 9.17) is 4.74 Å². The molecule has 2 atom stereocenters. The van der Waals surface area contributed by atoms with E-state index in [1.54, 1.807) is 17.3 Å². The highest BCUT2D eigenvalue weighted by molar-refractivity contribution is 6.06. The zero-order chi connectivity index (χ0) is 37.6. The van der Waals surface area contributed by atoms with Gasteiger partial charge in [-0.3, -0.25) is 29.4 Å². The number of hydrogen-bond donors (Lipinski definition) is 3. The average molecular weight is 746 g/mol. The van der Waals surface area contributed by atoms with Gasteiger partial charge in [-0.2, -0.15) is 0 Å². The van der Waals surface area contributed by atoms with Crippen LogP contribution in [0.15, 0.2) is 54.9 Å². The van der Waals surface area contributed by atoms with E-state index in [2.05, 4.69) is 59.5 Å². The fraction of sp³-hybridized carbons (Fsp3) is 0.463. The summed E-state index contributed by atoms with van der Waals surface area (Å²) in [7, 11) is 2.15. The fourth-order valence-corrected chi connectivity index (χ4v) is 9.09.